The minimum absolute atomic E-state index is 1.09. The number of hydrogen-bond acceptors (Lipinski definition) is 2. The predicted octanol–water partition coefficient (Wildman–Crippen LogP) is 3.22. The maximum Gasteiger partial charge on any atom is 0.0901 e. The van der Waals surface area contributed by atoms with Gasteiger partial charge in [0.25, 0.3) is 0 Å². The number of thioether (sulfide) groups is 1. The summed E-state index contributed by atoms with van der Waals surface area (Å²) in [5, 5.41) is 1.89. The predicted molar refractivity (Wildman–Crippen MR) is 53.4 cm³/mol. The Balaban J connectivity index is 2.72. The lowest BCUT2D eigenvalue weighted by Gasteiger charge is -2.09. The van der Waals surface area contributed by atoms with E-state index in [0.29, 0.717) is 0 Å². The molecule has 0 amide bonds. The molecule has 1 heterocycles. The summed E-state index contributed by atoms with van der Waals surface area (Å²) in [6, 6.07) is 4.25. The molecule has 1 aliphatic heterocycles. The van der Waals surface area contributed by atoms with Gasteiger partial charge in [0.1, 0.15) is 0 Å². The summed E-state index contributed by atoms with van der Waals surface area (Å²) in [4.78, 5) is 5.46. The van der Waals surface area contributed by atoms with Crippen LogP contribution in [0.1, 0.15) is 11.1 Å². The van der Waals surface area contributed by atoms with Crippen molar-refractivity contribution in [2.45, 2.75) is 18.7 Å². The standard InChI is InChI=1S/C10H9NS/c1-7-3-4-9-10(8(7)2)11-5-6-12-9/h3-4,6H,1-2H3. The first kappa shape index (κ1) is 7.66. The van der Waals surface area contributed by atoms with Crippen LogP contribution in [0, 0.1) is 13.8 Å². The minimum Gasteiger partial charge on any atom is -0.204 e. The quantitative estimate of drug-likeness (QED) is 0.589. The molecule has 0 saturated carbocycles. The van der Waals surface area contributed by atoms with Crippen molar-refractivity contribution in [3.63, 3.8) is 0 Å². The van der Waals surface area contributed by atoms with Gasteiger partial charge in [-0.25, -0.2) is 4.99 Å². The normalized spacial score (nSPS) is 13.2. The summed E-state index contributed by atoms with van der Waals surface area (Å²) in [7, 11) is 0. The maximum atomic E-state index is 4.23. The second-order valence-electron chi connectivity index (χ2n) is 2.83. The Hall–Kier alpha value is -0.980. The van der Waals surface area contributed by atoms with Gasteiger partial charge in [-0.1, -0.05) is 17.8 Å². The second-order valence-corrected chi connectivity index (χ2v) is 3.74. The van der Waals surface area contributed by atoms with Gasteiger partial charge in [-0.05, 0) is 36.9 Å². The zero-order chi connectivity index (χ0) is 8.55. The molecule has 0 aliphatic carbocycles. The molecule has 0 aromatic heterocycles. The summed E-state index contributed by atoms with van der Waals surface area (Å²) < 4.78 is 0. The van der Waals surface area contributed by atoms with E-state index < -0.39 is 0 Å². The first-order chi connectivity index (χ1) is 5.79. The van der Waals surface area contributed by atoms with Crippen LogP contribution in [0.2, 0.25) is 0 Å². The highest BCUT2D eigenvalue weighted by Crippen LogP contribution is 2.35. The molecule has 0 unspecified atom stereocenters. The van der Waals surface area contributed by atoms with Gasteiger partial charge in [0.15, 0.2) is 0 Å². The molecule has 0 N–H and O–H groups in total. The number of benzene rings is 1. The van der Waals surface area contributed by atoms with Crippen molar-refractivity contribution in [3.05, 3.63) is 28.7 Å². The van der Waals surface area contributed by atoms with E-state index >= 15 is 0 Å². The number of hydrogen-bond donors (Lipinski definition) is 0. The highest BCUT2D eigenvalue weighted by molar-refractivity contribution is 8.02. The van der Waals surface area contributed by atoms with E-state index in [1.807, 2.05) is 5.41 Å². The van der Waals surface area contributed by atoms with E-state index in [-0.39, 0.29) is 0 Å². The number of rotatable bonds is 0. The van der Waals surface area contributed by atoms with Crippen molar-refractivity contribution in [2.24, 2.45) is 4.99 Å². The van der Waals surface area contributed by atoms with E-state index in [1.165, 1.54) is 16.0 Å². The largest absolute Gasteiger partial charge is 0.204 e. The summed E-state index contributed by atoms with van der Waals surface area (Å²) in [5.41, 5.74) is 3.64. The van der Waals surface area contributed by atoms with Crippen molar-refractivity contribution >= 4 is 23.3 Å². The molecule has 60 valence electrons. The molecule has 1 nitrogen and oxygen atoms in total. The molecule has 1 aromatic carbocycles. The fraction of sp³-hybridized carbons (Fsp3) is 0.200. The van der Waals surface area contributed by atoms with Crippen LogP contribution in [0.15, 0.2) is 27.4 Å². The van der Waals surface area contributed by atoms with Crippen LogP contribution in [-0.2, 0) is 0 Å². The summed E-state index contributed by atoms with van der Waals surface area (Å²) in [6.45, 7) is 4.21. The van der Waals surface area contributed by atoms with E-state index in [2.05, 4.69) is 36.8 Å². The zero-order valence-electron chi connectivity index (χ0n) is 7.09. The molecule has 0 radical (unpaired) electrons. The van der Waals surface area contributed by atoms with Crippen molar-refractivity contribution < 1.29 is 0 Å². The van der Waals surface area contributed by atoms with Crippen LogP contribution < -0.4 is 0 Å². The van der Waals surface area contributed by atoms with E-state index in [4.69, 9.17) is 0 Å². The SMILES string of the molecule is Cc1ccc2c(c1C)N=C=CS2. The molecule has 0 bridgehead atoms. The fourth-order valence-corrected chi connectivity index (χ4v) is 1.88. The van der Waals surface area contributed by atoms with Gasteiger partial charge in [-0.3, -0.25) is 0 Å². The third-order valence-electron chi connectivity index (χ3n) is 2.08. The lowest BCUT2D eigenvalue weighted by molar-refractivity contribution is 1.25. The lowest BCUT2D eigenvalue weighted by Crippen LogP contribution is -1.85. The number of fused-ring (bicyclic) bond motifs is 1. The molecular formula is C10H9NS. The van der Waals surface area contributed by atoms with Crippen LogP contribution in [0.3, 0.4) is 0 Å². The lowest BCUT2D eigenvalue weighted by atomic mass is 10.1. The highest BCUT2D eigenvalue weighted by Gasteiger charge is 2.07. The first-order valence-corrected chi connectivity index (χ1v) is 4.72. The van der Waals surface area contributed by atoms with Gasteiger partial charge in [0.05, 0.1) is 5.69 Å². The molecule has 0 spiro atoms. The Morgan fingerprint density at radius 2 is 2.17 bits per heavy atom. The van der Waals surface area contributed by atoms with Gasteiger partial charge in [0.2, 0.25) is 0 Å². The molecule has 0 saturated heterocycles. The Labute approximate surface area is 76.2 Å². The number of aryl methyl sites for hydroxylation is 1. The van der Waals surface area contributed by atoms with Crippen molar-refractivity contribution in [1.29, 1.82) is 0 Å². The molecule has 12 heavy (non-hydrogen) atoms. The number of aliphatic imine (C=N–C) groups is 1. The van der Waals surface area contributed by atoms with Crippen molar-refractivity contribution in [3.8, 4) is 0 Å². The monoisotopic (exact) mass is 175 g/mol. The summed E-state index contributed by atoms with van der Waals surface area (Å²) in [5.74, 6) is 2.87. The molecule has 2 heteroatoms. The van der Waals surface area contributed by atoms with Crippen molar-refractivity contribution in [1.82, 2.24) is 0 Å². The average Bonchev–Trinajstić information content (AvgIpc) is 2.12. The maximum absolute atomic E-state index is 4.23. The average molecular weight is 175 g/mol. The van der Waals surface area contributed by atoms with Gasteiger partial charge in [0, 0.05) is 10.3 Å². The Morgan fingerprint density at radius 3 is 3.00 bits per heavy atom. The van der Waals surface area contributed by atoms with Gasteiger partial charge < -0.3 is 0 Å². The molecule has 2 rings (SSSR count). The Morgan fingerprint density at radius 1 is 1.33 bits per heavy atom. The second kappa shape index (κ2) is 2.81. The fourth-order valence-electron chi connectivity index (χ4n) is 1.19. The molecule has 1 aliphatic rings. The van der Waals surface area contributed by atoms with Crippen LogP contribution in [0.5, 0.6) is 0 Å². The third-order valence-corrected chi connectivity index (χ3v) is 2.89. The Kier molecular flexibility index (Phi) is 1.80. The van der Waals surface area contributed by atoms with Gasteiger partial charge in [-0.2, -0.15) is 0 Å². The van der Waals surface area contributed by atoms with Crippen LogP contribution in [-0.4, -0.2) is 5.87 Å². The van der Waals surface area contributed by atoms with Gasteiger partial charge >= 0.3 is 0 Å². The third kappa shape index (κ3) is 1.09. The first-order valence-electron chi connectivity index (χ1n) is 3.84. The highest BCUT2D eigenvalue weighted by atomic mass is 32.2. The van der Waals surface area contributed by atoms with Crippen molar-refractivity contribution in [2.75, 3.05) is 0 Å². The summed E-state index contributed by atoms with van der Waals surface area (Å²) in [6.07, 6.45) is 0. The molecule has 0 atom stereocenters. The molecule has 1 aromatic rings. The smallest absolute Gasteiger partial charge is 0.0901 e. The number of nitrogens with zero attached hydrogens (tertiary/aromatic N) is 1. The topological polar surface area (TPSA) is 12.4 Å². The summed E-state index contributed by atoms with van der Waals surface area (Å²) >= 11 is 1.68. The van der Waals surface area contributed by atoms with Crippen LogP contribution >= 0.6 is 11.8 Å². The minimum atomic E-state index is 1.09. The van der Waals surface area contributed by atoms with E-state index in [1.54, 1.807) is 11.8 Å². The van der Waals surface area contributed by atoms with Crippen LogP contribution in [0.4, 0.5) is 5.69 Å². The van der Waals surface area contributed by atoms with E-state index in [0.717, 1.165) is 5.69 Å². The molecular weight excluding hydrogens is 166 g/mol. The Bertz CT molecular complexity index is 387. The van der Waals surface area contributed by atoms with Gasteiger partial charge in [-0.15, -0.1) is 0 Å². The van der Waals surface area contributed by atoms with Crippen LogP contribution in [0.25, 0.3) is 0 Å². The molecule has 0 fully saturated rings. The van der Waals surface area contributed by atoms with E-state index in [9.17, 15) is 0 Å². The zero-order valence-corrected chi connectivity index (χ0v) is 7.90.